The van der Waals surface area contributed by atoms with Crippen LogP contribution in [0.2, 0.25) is 0 Å². The molecule has 0 aliphatic heterocycles. The lowest BCUT2D eigenvalue weighted by molar-refractivity contribution is -0.150. The maximum atomic E-state index is 11.1. The Balaban J connectivity index is 0.00000137. The molecule has 0 spiro atoms. The van der Waals surface area contributed by atoms with Gasteiger partial charge in [0.2, 0.25) is 0 Å². The molecule has 4 heteroatoms. The Bertz CT molecular complexity index is 356. The lowest BCUT2D eigenvalue weighted by Crippen LogP contribution is -2.22. The number of aliphatic hydroxyl groups is 1. The summed E-state index contributed by atoms with van der Waals surface area (Å²) in [4.78, 5) is 11.1. The lowest BCUT2D eigenvalue weighted by Gasteiger charge is -2.09. The van der Waals surface area contributed by atoms with Crippen molar-refractivity contribution in [3.05, 3.63) is 34.4 Å². The molecule has 102 valence electrons. The number of allylic oxidation sites excluding steroid dienone is 5. The van der Waals surface area contributed by atoms with Gasteiger partial charge < -0.3 is 9.84 Å². The molecule has 0 aromatic heterocycles. The maximum absolute atomic E-state index is 11.1. The van der Waals surface area contributed by atoms with Crippen LogP contribution >= 0.6 is 15.9 Å². The van der Waals surface area contributed by atoms with E-state index in [1.807, 2.05) is 45.1 Å². The second-order valence-corrected chi connectivity index (χ2v) is 4.64. The predicted molar refractivity (Wildman–Crippen MR) is 77.4 cm³/mol. The van der Waals surface area contributed by atoms with Crippen molar-refractivity contribution in [2.45, 2.75) is 33.3 Å². The Morgan fingerprint density at radius 2 is 2.06 bits per heavy atom. The van der Waals surface area contributed by atoms with Crippen LogP contribution in [0.1, 0.15) is 27.2 Å². The lowest BCUT2D eigenvalue weighted by atomic mass is 10.0. The van der Waals surface area contributed by atoms with Crippen molar-refractivity contribution in [2.24, 2.45) is 5.92 Å². The summed E-state index contributed by atoms with van der Waals surface area (Å²) in [5, 5.41) is 9.54. The van der Waals surface area contributed by atoms with Crippen molar-refractivity contribution >= 4 is 21.9 Å². The third-order valence-electron chi connectivity index (χ3n) is 2.26. The molecular weight excluding hydrogens is 296 g/mol. The van der Waals surface area contributed by atoms with Gasteiger partial charge in [0.05, 0.1) is 7.11 Å². The first kappa shape index (κ1) is 17.1. The van der Waals surface area contributed by atoms with Gasteiger partial charge in [0.25, 0.3) is 0 Å². The van der Waals surface area contributed by atoms with Crippen molar-refractivity contribution in [3.63, 3.8) is 0 Å². The summed E-state index contributed by atoms with van der Waals surface area (Å²) < 4.78 is 5.47. The fourth-order valence-electron chi connectivity index (χ4n) is 1.51. The van der Waals surface area contributed by atoms with E-state index in [1.54, 1.807) is 0 Å². The van der Waals surface area contributed by atoms with E-state index < -0.39 is 12.1 Å². The smallest absolute Gasteiger partial charge is 0.335 e. The van der Waals surface area contributed by atoms with E-state index in [0.717, 1.165) is 10.1 Å². The number of esters is 1. The van der Waals surface area contributed by atoms with Gasteiger partial charge in [-0.1, -0.05) is 54.9 Å². The predicted octanol–water partition coefficient (Wildman–Crippen LogP) is 3.35. The Hall–Kier alpha value is -0.870. The van der Waals surface area contributed by atoms with Crippen molar-refractivity contribution < 1.29 is 14.6 Å². The first-order valence-corrected chi connectivity index (χ1v) is 6.84. The summed E-state index contributed by atoms with van der Waals surface area (Å²) in [6.07, 6.45) is 7.03. The minimum Gasteiger partial charge on any atom is -0.467 e. The second-order valence-electron chi connectivity index (χ2n) is 3.73. The summed E-state index contributed by atoms with van der Waals surface area (Å²) in [6, 6.07) is 0. The third-order valence-corrected chi connectivity index (χ3v) is 2.79. The molecule has 2 unspecified atom stereocenters. The van der Waals surface area contributed by atoms with Crippen LogP contribution in [0.5, 0.6) is 0 Å². The molecule has 0 bridgehead atoms. The van der Waals surface area contributed by atoms with Crippen molar-refractivity contribution in [3.8, 4) is 0 Å². The summed E-state index contributed by atoms with van der Waals surface area (Å²) in [7, 11) is 1.27. The van der Waals surface area contributed by atoms with E-state index in [9.17, 15) is 9.90 Å². The molecule has 0 aromatic rings. The molecular formula is C14H21BrO3. The highest BCUT2D eigenvalue weighted by Gasteiger charge is 2.17. The van der Waals surface area contributed by atoms with Gasteiger partial charge in [0, 0.05) is 10.9 Å². The van der Waals surface area contributed by atoms with Gasteiger partial charge in [0.15, 0.2) is 6.10 Å². The highest BCUT2D eigenvalue weighted by molar-refractivity contribution is 9.11. The third kappa shape index (κ3) is 6.17. The number of methoxy groups -OCH3 is 1. The molecule has 0 radical (unpaired) electrons. The van der Waals surface area contributed by atoms with Gasteiger partial charge >= 0.3 is 5.97 Å². The number of carbonyl (C=O) groups excluding carboxylic acids is 1. The van der Waals surface area contributed by atoms with Crippen LogP contribution in [0.3, 0.4) is 0 Å². The van der Waals surface area contributed by atoms with E-state index in [0.29, 0.717) is 0 Å². The normalized spacial score (nSPS) is 19.8. The van der Waals surface area contributed by atoms with E-state index in [1.165, 1.54) is 7.11 Å². The molecule has 1 aliphatic rings. The van der Waals surface area contributed by atoms with Crippen molar-refractivity contribution in [1.82, 2.24) is 0 Å². The van der Waals surface area contributed by atoms with Gasteiger partial charge in [-0.05, 0) is 17.6 Å². The first-order valence-electron chi connectivity index (χ1n) is 6.05. The summed E-state index contributed by atoms with van der Waals surface area (Å²) in [6.45, 7) is 6.04. The monoisotopic (exact) mass is 316 g/mol. The van der Waals surface area contributed by atoms with Gasteiger partial charge in [-0.25, -0.2) is 4.79 Å². The quantitative estimate of drug-likeness (QED) is 0.812. The molecule has 0 aromatic carbocycles. The Morgan fingerprint density at radius 1 is 1.44 bits per heavy atom. The SMILES string of the molecule is CC.COC(=O)C(O)CC1=CC(C)C=C(Br)C=C1. The van der Waals surface area contributed by atoms with Crippen molar-refractivity contribution in [1.29, 1.82) is 0 Å². The van der Waals surface area contributed by atoms with Gasteiger partial charge in [-0.15, -0.1) is 0 Å². The number of hydrogen-bond donors (Lipinski definition) is 1. The van der Waals surface area contributed by atoms with Crippen LogP contribution in [0.15, 0.2) is 34.4 Å². The highest BCUT2D eigenvalue weighted by Crippen LogP contribution is 2.21. The fourth-order valence-corrected chi connectivity index (χ4v) is 2.06. The molecule has 0 amide bonds. The molecule has 2 atom stereocenters. The van der Waals surface area contributed by atoms with E-state index in [2.05, 4.69) is 20.7 Å². The molecule has 18 heavy (non-hydrogen) atoms. The van der Waals surface area contributed by atoms with Crippen LogP contribution in [-0.4, -0.2) is 24.3 Å². The largest absolute Gasteiger partial charge is 0.467 e. The van der Waals surface area contributed by atoms with Crippen LogP contribution < -0.4 is 0 Å². The van der Waals surface area contributed by atoms with E-state index in [4.69, 9.17) is 0 Å². The molecule has 1 rings (SSSR count). The summed E-state index contributed by atoms with van der Waals surface area (Å²) >= 11 is 3.40. The average Bonchev–Trinajstić information content (AvgIpc) is 2.51. The van der Waals surface area contributed by atoms with Crippen LogP contribution in [0.25, 0.3) is 0 Å². The number of aliphatic hydroxyl groups excluding tert-OH is 1. The van der Waals surface area contributed by atoms with E-state index in [-0.39, 0.29) is 12.3 Å². The van der Waals surface area contributed by atoms with Crippen LogP contribution in [-0.2, 0) is 9.53 Å². The molecule has 1 aliphatic carbocycles. The minimum atomic E-state index is -1.09. The molecule has 0 saturated heterocycles. The average molecular weight is 317 g/mol. The van der Waals surface area contributed by atoms with Gasteiger partial charge in [0.1, 0.15) is 0 Å². The number of ether oxygens (including phenoxy) is 1. The summed E-state index contributed by atoms with van der Waals surface area (Å²) in [5.41, 5.74) is 0.927. The zero-order valence-electron chi connectivity index (χ0n) is 11.3. The number of hydrogen-bond acceptors (Lipinski definition) is 3. The Labute approximate surface area is 117 Å². The van der Waals surface area contributed by atoms with Gasteiger partial charge in [-0.2, -0.15) is 0 Å². The Morgan fingerprint density at radius 3 is 2.61 bits per heavy atom. The zero-order chi connectivity index (χ0) is 14.1. The number of rotatable bonds is 3. The topological polar surface area (TPSA) is 46.5 Å². The first-order chi connectivity index (χ1) is 8.52. The molecule has 1 N–H and O–H groups in total. The molecule has 0 fully saturated rings. The minimum absolute atomic E-state index is 0.268. The number of halogens is 1. The maximum Gasteiger partial charge on any atom is 0.335 e. The van der Waals surface area contributed by atoms with Gasteiger partial charge in [-0.3, -0.25) is 0 Å². The zero-order valence-corrected chi connectivity index (χ0v) is 12.9. The Kier molecular flexibility index (Phi) is 8.67. The molecule has 0 saturated carbocycles. The molecule has 3 nitrogen and oxygen atoms in total. The standard InChI is InChI=1S/C12H15BrO3.C2H6/c1-8-5-9(3-4-10(13)6-8)7-11(14)12(15)16-2;1-2/h3-6,8,11,14H,7H2,1-2H3;1-2H3. The van der Waals surface area contributed by atoms with E-state index >= 15 is 0 Å². The second kappa shape index (κ2) is 9.11. The number of carbonyl (C=O) groups is 1. The van der Waals surface area contributed by atoms with Crippen LogP contribution in [0, 0.1) is 5.92 Å². The molecule has 0 heterocycles. The van der Waals surface area contributed by atoms with Crippen LogP contribution in [0.4, 0.5) is 0 Å². The highest BCUT2D eigenvalue weighted by atomic mass is 79.9. The summed E-state index contributed by atoms with van der Waals surface area (Å²) in [5.74, 6) is -0.331. The van der Waals surface area contributed by atoms with Crippen molar-refractivity contribution in [2.75, 3.05) is 7.11 Å². The fraction of sp³-hybridized carbons (Fsp3) is 0.500.